The molecule has 0 N–H and O–H groups in total. The highest BCUT2D eigenvalue weighted by atomic mass is 16.5. The van der Waals surface area contributed by atoms with Gasteiger partial charge in [-0.2, -0.15) is 0 Å². The van der Waals surface area contributed by atoms with E-state index in [9.17, 15) is 4.79 Å². The summed E-state index contributed by atoms with van der Waals surface area (Å²) in [6, 6.07) is 0. The van der Waals surface area contributed by atoms with Crippen LogP contribution in [0.2, 0.25) is 0 Å². The first-order chi connectivity index (χ1) is 7.76. The smallest absolute Gasteiger partial charge is 0.337 e. The normalized spacial score (nSPS) is 7.56. The molecule has 0 spiro atoms. The fraction of sp³-hybridized carbons (Fsp3) is 0.500. The van der Waals surface area contributed by atoms with Gasteiger partial charge in [-0.3, -0.25) is 0 Å². The SMILES string of the molecule is C=C/C=C(\C=C)C(=O)OC.CC.CC.CC. The van der Waals surface area contributed by atoms with Gasteiger partial charge in [-0.15, -0.1) is 0 Å². The van der Waals surface area contributed by atoms with Crippen molar-refractivity contribution in [1.82, 2.24) is 0 Å². The lowest BCUT2D eigenvalue weighted by atomic mass is 10.2. The maximum absolute atomic E-state index is 10.7. The molecule has 0 rings (SSSR count). The molecule has 0 fully saturated rings. The van der Waals surface area contributed by atoms with E-state index in [0.717, 1.165) is 0 Å². The van der Waals surface area contributed by atoms with Crippen molar-refractivity contribution in [2.24, 2.45) is 0 Å². The van der Waals surface area contributed by atoms with Crippen LogP contribution in [0, 0.1) is 0 Å². The largest absolute Gasteiger partial charge is 0.465 e. The minimum absolute atomic E-state index is 0.394. The molecule has 0 bridgehead atoms. The monoisotopic (exact) mass is 228 g/mol. The summed E-state index contributed by atoms with van der Waals surface area (Å²) < 4.78 is 4.43. The molecule has 0 aliphatic heterocycles. The van der Waals surface area contributed by atoms with Crippen molar-refractivity contribution in [2.75, 3.05) is 7.11 Å². The van der Waals surface area contributed by atoms with Gasteiger partial charge in [0, 0.05) is 0 Å². The van der Waals surface area contributed by atoms with Gasteiger partial charge in [-0.25, -0.2) is 4.79 Å². The first kappa shape index (κ1) is 24.1. The molecule has 2 heteroatoms. The van der Waals surface area contributed by atoms with Crippen LogP contribution in [0.1, 0.15) is 41.5 Å². The molecule has 96 valence electrons. The van der Waals surface area contributed by atoms with E-state index in [1.807, 2.05) is 41.5 Å². The minimum Gasteiger partial charge on any atom is -0.465 e. The first-order valence-electron chi connectivity index (χ1n) is 5.79. The van der Waals surface area contributed by atoms with E-state index in [0.29, 0.717) is 5.57 Å². The molecule has 0 saturated heterocycles. The molecule has 2 nitrogen and oxygen atoms in total. The van der Waals surface area contributed by atoms with Gasteiger partial charge in [-0.05, 0) is 6.08 Å². The zero-order valence-electron chi connectivity index (χ0n) is 12.0. The van der Waals surface area contributed by atoms with Crippen molar-refractivity contribution in [3.63, 3.8) is 0 Å². The van der Waals surface area contributed by atoms with Crippen molar-refractivity contribution in [1.29, 1.82) is 0 Å². The van der Waals surface area contributed by atoms with E-state index in [4.69, 9.17) is 0 Å². The average molecular weight is 228 g/mol. The maximum Gasteiger partial charge on any atom is 0.337 e. The third-order valence-electron chi connectivity index (χ3n) is 0.938. The topological polar surface area (TPSA) is 26.3 Å². The van der Waals surface area contributed by atoms with Crippen molar-refractivity contribution in [2.45, 2.75) is 41.5 Å². The Balaban J connectivity index is -0.000000103. The Morgan fingerprint density at radius 3 is 1.56 bits per heavy atom. The molecule has 0 aromatic heterocycles. The summed E-state index contributed by atoms with van der Waals surface area (Å²) in [6.45, 7) is 18.9. The Labute approximate surface area is 102 Å². The van der Waals surface area contributed by atoms with Gasteiger partial charge in [0.25, 0.3) is 0 Å². The molecule has 0 radical (unpaired) electrons. The number of carbonyl (C=O) groups excluding carboxylic acids is 1. The Morgan fingerprint density at radius 1 is 1.00 bits per heavy atom. The van der Waals surface area contributed by atoms with Crippen molar-refractivity contribution in [3.05, 3.63) is 37.0 Å². The molecule has 0 aliphatic rings. The standard InChI is InChI=1S/C8H10O2.3C2H6/c1-4-6-7(5-2)8(9)10-3;3*1-2/h4-6H,1-2H2,3H3;3*1-2H3/b7-6+;;;. The predicted molar refractivity (Wildman–Crippen MR) is 74.5 cm³/mol. The lowest BCUT2D eigenvalue weighted by Crippen LogP contribution is -2.01. The number of rotatable bonds is 3. The van der Waals surface area contributed by atoms with Crippen LogP contribution in [0.3, 0.4) is 0 Å². The predicted octanol–water partition coefficient (Wildman–Crippen LogP) is 4.54. The Bertz CT molecular complexity index is 179. The van der Waals surface area contributed by atoms with Crippen molar-refractivity contribution < 1.29 is 9.53 Å². The fourth-order valence-electron chi connectivity index (χ4n) is 0.464. The van der Waals surface area contributed by atoms with Gasteiger partial charge in [0.05, 0.1) is 12.7 Å². The quantitative estimate of drug-likeness (QED) is 0.403. The van der Waals surface area contributed by atoms with Crippen LogP contribution in [-0.2, 0) is 9.53 Å². The molecule has 0 aromatic rings. The van der Waals surface area contributed by atoms with Crippen LogP contribution in [0.25, 0.3) is 0 Å². The molecule has 0 unspecified atom stereocenters. The van der Waals surface area contributed by atoms with Crippen molar-refractivity contribution in [3.8, 4) is 0 Å². The summed E-state index contributed by atoms with van der Waals surface area (Å²) in [6.07, 6.45) is 4.47. The molecule has 0 amide bonds. The van der Waals surface area contributed by atoms with Gasteiger partial charge < -0.3 is 4.74 Å². The maximum atomic E-state index is 10.7. The minimum atomic E-state index is -0.394. The third kappa shape index (κ3) is 18.5. The summed E-state index contributed by atoms with van der Waals surface area (Å²) in [5, 5.41) is 0. The highest BCUT2D eigenvalue weighted by Crippen LogP contribution is 1.97. The lowest BCUT2D eigenvalue weighted by Gasteiger charge is -1.95. The Hall–Kier alpha value is -1.31. The molecule has 0 atom stereocenters. The second-order valence-corrected chi connectivity index (χ2v) is 1.55. The third-order valence-corrected chi connectivity index (χ3v) is 0.938. The highest BCUT2D eigenvalue weighted by Gasteiger charge is 2.01. The average Bonchev–Trinajstić information content (AvgIpc) is 2.42. The van der Waals surface area contributed by atoms with Crippen LogP contribution < -0.4 is 0 Å². The van der Waals surface area contributed by atoms with Crippen LogP contribution in [0.4, 0.5) is 0 Å². The summed E-state index contributed by atoms with van der Waals surface area (Å²) in [5.74, 6) is -0.394. The van der Waals surface area contributed by atoms with Crippen LogP contribution in [0.5, 0.6) is 0 Å². The Kier molecular flexibility index (Phi) is 44.0. The van der Waals surface area contributed by atoms with E-state index >= 15 is 0 Å². The summed E-state index contributed by atoms with van der Waals surface area (Å²) in [7, 11) is 1.32. The highest BCUT2D eigenvalue weighted by molar-refractivity contribution is 5.91. The summed E-state index contributed by atoms with van der Waals surface area (Å²) >= 11 is 0. The van der Waals surface area contributed by atoms with E-state index in [1.54, 1.807) is 6.08 Å². The van der Waals surface area contributed by atoms with E-state index < -0.39 is 5.97 Å². The van der Waals surface area contributed by atoms with Crippen LogP contribution >= 0.6 is 0 Å². The number of esters is 1. The first-order valence-corrected chi connectivity index (χ1v) is 5.79. The van der Waals surface area contributed by atoms with Crippen LogP contribution in [0.15, 0.2) is 37.0 Å². The van der Waals surface area contributed by atoms with Gasteiger partial charge >= 0.3 is 5.97 Å². The molecule has 16 heavy (non-hydrogen) atoms. The van der Waals surface area contributed by atoms with Crippen molar-refractivity contribution >= 4 is 5.97 Å². The van der Waals surface area contributed by atoms with E-state index in [1.165, 1.54) is 19.3 Å². The van der Waals surface area contributed by atoms with Gasteiger partial charge in [0.1, 0.15) is 0 Å². The van der Waals surface area contributed by atoms with Gasteiger partial charge in [0.15, 0.2) is 0 Å². The molecule has 0 heterocycles. The number of allylic oxidation sites excluding steroid dienone is 2. The van der Waals surface area contributed by atoms with E-state index in [-0.39, 0.29) is 0 Å². The molecular weight excluding hydrogens is 200 g/mol. The number of ether oxygens (including phenoxy) is 1. The molecule has 0 saturated carbocycles. The number of carbonyl (C=O) groups is 1. The zero-order chi connectivity index (χ0) is 14.0. The fourth-order valence-corrected chi connectivity index (χ4v) is 0.464. The zero-order valence-corrected chi connectivity index (χ0v) is 12.0. The molecular formula is C14H28O2. The number of hydrogen-bond acceptors (Lipinski definition) is 2. The Morgan fingerprint density at radius 2 is 1.38 bits per heavy atom. The number of hydrogen-bond donors (Lipinski definition) is 0. The lowest BCUT2D eigenvalue weighted by molar-refractivity contribution is -0.135. The summed E-state index contributed by atoms with van der Waals surface area (Å²) in [4.78, 5) is 10.7. The van der Waals surface area contributed by atoms with Gasteiger partial charge in [-0.1, -0.05) is 66.9 Å². The molecule has 0 aromatic carbocycles. The van der Waals surface area contributed by atoms with Crippen LogP contribution in [-0.4, -0.2) is 13.1 Å². The second-order valence-electron chi connectivity index (χ2n) is 1.55. The van der Waals surface area contributed by atoms with Gasteiger partial charge in [0.2, 0.25) is 0 Å². The molecule has 0 aliphatic carbocycles. The summed E-state index contributed by atoms with van der Waals surface area (Å²) in [5.41, 5.74) is 0.414. The van der Waals surface area contributed by atoms with E-state index in [2.05, 4.69) is 17.9 Å². The number of methoxy groups -OCH3 is 1. The second kappa shape index (κ2) is 29.2.